The molecule has 0 amide bonds. The monoisotopic (exact) mass is 405 g/mol. The summed E-state index contributed by atoms with van der Waals surface area (Å²) in [6.45, 7) is 6.16. The molecule has 1 aliphatic heterocycles. The van der Waals surface area contributed by atoms with Crippen molar-refractivity contribution in [2.75, 3.05) is 21.3 Å². The van der Waals surface area contributed by atoms with Gasteiger partial charge < -0.3 is 19.3 Å². The van der Waals surface area contributed by atoms with Gasteiger partial charge in [-0.05, 0) is 67.5 Å². The average molecular weight is 405 g/mol. The molecule has 3 aromatic carbocycles. The molecule has 0 saturated carbocycles. The summed E-state index contributed by atoms with van der Waals surface area (Å²) in [5, 5.41) is 12.2. The van der Waals surface area contributed by atoms with Gasteiger partial charge in [0.1, 0.15) is 23.0 Å². The maximum absolute atomic E-state index is 10.6. The number of aromatic hydroxyl groups is 1. The van der Waals surface area contributed by atoms with E-state index in [1.807, 2.05) is 32.0 Å². The van der Waals surface area contributed by atoms with E-state index in [-0.39, 0.29) is 11.8 Å². The molecule has 3 aromatic rings. The number of methoxy groups -OCH3 is 3. The fraction of sp³-hybridized carbons (Fsp3) is 0.320. The van der Waals surface area contributed by atoms with Crippen molar-refractivity contribution in [1.29, 1.82) is 0 Å². The lowest BCUT2D eigenvalue weighted by Gasteiger charge is -2.27. The van der Waals surface area contributed by atoms with Crippen molar-refractivity contribution < 1.29 is 19.3 Å². The Morgan fingerprint density at radius 3 is 2.23 bits per heavy atom. The third-order valence-corrected chi connectivity index (χ3v) is 5.76. The van der Waals surface area contributed by atoms with Gasteiger partial charge in [0.2, 0.25) is 0 Å². The maximum atomic E-state index is 10.6. The molecule has 0 radical (unpaired) electrons. The van der Waals surface area contributed by atoms with E-state index in [1.165, 1.54) is 0 Å². The number of phenols is 1. The van der Waals surface area contributed by atoms with E-state index in [1.54, 1.807) is 27.4 Å². The molecule has 1 heterocycles. The van der Waals surface area contributed by atoms with E-state index < -0.39 is 0 Å². The van der Waals surface area contributed by atoms with Gasteiger partial charge in [-0.3, -0.25) is 4.99 Å². The number of aryl methyl sites for hydroxylation is 1. The van der Waals surface area contributed by atoms with Crippen LogP contribution in [-0.2, 0) is 6.42 Å². The third kappa shape index (κ3) is 3.05. The summed E-state index contributed by atoms with van der Waals surface area (Å²) in [6.07, 6.45) is 0.779. The zero-order chi connectivity index (χ0) is 21.6. The smallest absolute Gasteiger partial charge is 0.131 e. The van der Waals surface area contributed by atoms with Crippen LogP contribution in [0.1, 0.15) is 30.5 Å². The number of rotatable bonds is 4. The zero-order valence-corrected chi connectivity index (χ0v) is 18.3. The number of aliphatic imine (C=N–C) groups is 1. The molecule has 0 spiro atoms. The van der Waals surface area contributed by atoms with Crippen LogP contribution in [0.15, 0.2) is 35.3 Å². The summed E-state index contributed by atoms with van der Waals surface area (Å²) in [4.78, 5) is 4.78. The zero-order valence-electron chi connectivity index (χ0n) is 18.3. The van der Waals surface area contributed by atoms with Crippen molar-refractivity contribution in [3.8, 4) is 34.1 Å². The van der Waals surface area contributed by atoms with Crippen LogP contribution in [-0.4, -0.2) is 38.2 Å². The molecule has 0 bridgehead atoms. The summed E-state index contributed by atoms with van der Waals surface area (Å²) in [6, 6.07) is 9.77. The molecule has 5 heteroatoms. The summed E-state index contributed by atoms with van der Waals surface area (Å²) in [5.41, 5.74) is 6.18. The van der Waals surface area contributed by atoms with E-state index in [9.17, 15) is 5.11 Å². The molecule has 5 nitrogen and oxygen atoms in total. The Kier molecular flexibility index (Phi) is 5.06. The summed E-state index contributed by atoms with van der Waals surface area (Å²) < 4.78 is 17.1. The first-order valence-corrected chi connectivity index (χ1v) is 10.0. The number of nitrogens with zero attached hydrogens (tertiary/aromatic N) is 1. The SMILES string of the molecule is COc1cc(OC)c(-c2ccc(O)c3c(OC)cc(C)cc23)c2c1C(C)=N[C@@H](C)C2. The quantitative estimate of drug-likeness (QED) is 0.640. The number of benzene rings is 3. The minimum absolute atomic E-state index is 0.160. The minimum atomic E-state index is 0.160. The molecule has 4 rings (SSSR count). The number of ether oxygens (including phenoxy) is 3. The Morgan fingerprint density at radius 1 is 0.900 bits per heavy atom. The predicted octanol–water partition coefficient (Wildman–Crippen LogP) is 5.30. The summed E-state index contributed by atoms with van der Waals surface area (Å²) in [5.74, 6) is 2.34. The van der Waals surface area contributed by atoms with E-state index in [4.69, 9.17) is 19.2 Å². The molecular weight excluding hydrogens is 378 g/mol. The highest BCUT2D eigenvalue weighted by Gasteiger charge is 2.28. The second-order valence-corrected chi connectivity index (χ2v) is 7.80. The first-order chi connectivity index (χ1) is 14.4. The van der Waals surface area contributed by atoms with Crippen LogP contribution >= 0.6 is 0 Å². The van der Waals surface area contributed by atoms with E-state index in [2.05, 4.69) is 13.0 Å². The Hall–Kier alpha value is -3.21. The highest BCUT2D eigenvalue weighted by molar-refractivity contribution is 6.09. The Bertz CT molecular complexity index is 1180. The Morgan fingerprint density at radius 2 is 1.57 bits per heavy atom. The van der Waals surface area contributed by atoms with Gasteiger partial charge in [0.05, 0.1) is 32.8 Å². The van der Waals surface area contributed by atoms with Crippen molar-refractivity contribution in [2.24, 2.45) is 4.99 Å². The van der Waals surface area contributed by atoms with Crippen molar-refractivity contribution in [1.82, 2.24) is 0 Å². The fourth-order valence-electron chi connectivity index (χ4n) is 4.58. The largest absolute Gasteiger partial charge is 0.507 e. The maximum Gasteiger partial charge on any atom is 0.131 e. The first kappa shape index (κ1) is 20.1. The van der Waals surface area contributed by atoms with Gasteiger partial charge in [0.15, 0.2) is 0 Å². The van der Waals surface area contributed by atoms with Crippen molar-refractivity contribution >= 4 is 16.5 Å². The van der Waals surface area contributed by atoms with Crippen LogP contribution < -0.4 is 14.2 Å². The molecule has 1 N–H and O–H groups in total. The molecule has 0 fully saturated rings. The van der Waals surface area contributed by atoms with Crippen LogP contribution in [0.5, 0.6) is 23.0 Å². The molecule has 0 aromatic heterocycles. The van der Waals surface area contributed by atoms with E-state index in [0.717, 1.165) is 56.8 Å². The third-order valence-electron chi connectivity index (χ3n) is 5.76. The van der Waals surface area contributed by atoms with Gasteiger partial charge in [-0.2, -0.15) is 0 Å². The number of phenolic OH excluding ortho intramolecular Hbond substituents is 1. The fourth-order valence-corrected chi connectivity index (χ4v) is 4.58. The normalized spacial score (nSPS) is 15.5. The molecule has 0 unspecified atom stereocenters. The van der Waals surface area contributed by atoms with Crippen LogP contribution in [0, 0.1) is 6.92 Å². The van der Waals surface area contributed by atoms with Crippen LogP contribution in [0.3, 0.4) is 0 Å². The average Bonchev–Trinajstić information content (AvgIpc) is 2.72. The minimum Gasteiger partial charge on any atom is -0.507 e. The van der Waals surface area contributed by atoms with Gasteiger partial charge in [-0.25, -0.2) is 0 Å². The van der Waals surface area contributed by atoms with Crippen molar-refractivity contribution in [3.05, 3.63) is 47.0 Å². The van der Waals surface area contributed by atoms with Crippen molar-refractivity contribution in [3.63, 3.8) is 0 Å². The lowest BCUT2D eigenvalue weighted by molar-refractivity contribution is 0.393. The molecule has 0 saturated heterocycles. The second-order valence-electron chi connectivity index (χ2n) is 7.80. The van der Waals surface area contributed by atoms with Crippen LogP contribution in [0.2, 0.25) is 0 Å². The second kappa shape index (κ2) is 7.56. The summed E-state index contributed by atoms with van der Waals surface area (Å²) in [7, 11) is 4.97. The van der Waals surface area contributed by atoms with E-state index in [0.29, 0.717) is 11.1 Å². The van der Waals surface area contributed by atoms with Gasteiger partial charge >= 0.3 is 0 Å². The predicted molar refractivity (Wildman–Crippen MR) is 121 cm³/mol. The molecule has 30 heavy (non-hydrogen) atoms. The molecule has 0 aliphatic carbocycles. The number of fused-ring (bicyclic) bond motifs is 2. The standard InChI is InChI=1S/C25H27NO4/c1-13-9-17-16(7-8-19(27)25(17)20(10-13)28-4)24-18-11-14(2)26-15(3)23(18)21(29-5)12-22(24)30-6/h7-10,12,14,27H,11H2,1-6H3/t14-/m0/s1. The van der Waals surface area contributed by atoms with Gasteiger partial charge in [-0.1, -0.05) is 6.07 Å². The molecule has 1 atom stereocenters. The molecule has 156 valence electrons. The van der Waals surface area contributed by atoms with Gasteiger partial charge in [0, 0.05) is 22.9 Å². The van der Waals surface area contributed by atoms with Crippen molar-refractivity contribution in [2.45, 2.75) is 33.2 Å². The lowest BCUT2D eigenvalue weighted by atomic mass is 9.84. The van der Waals surface area contributed by atoms with Crippen LogP contribution in [0.25, 0.3) is 21.9 Å². The highest BCUT2D eigenvalue weighted by atomic mass is 16.5. The highest BCUT2D eigenvalue weighted by Crippen LogP contribution is 2.47. The number of hydrogen-bond acceptors (Lipinski definition) is 5. The van der Waals surface area contributed by atoms with E-state index >= 15 is 0 Å². The first-order valence-electron chi connectivity index (χ1n) is 10.0. The molecule has 1 aliphatic rings. The lowest BCUT2D eigenvalue weighted by Crippen LogP contribution is -2.19. The number of hydrogen-bond donors (Lipinski definition) is 1. The Balaban J connectivity index is 2.16. The van der Waals surface area contributed by atoms with Gasteiger partial charge in [-0.15, -0.1) is 0 Å². The Labute approximate surface area is 176 Å². The van der Waals surface area contributed by atoms with Gasteiger partial charge in [0.25, 0.3) is 0 Å². The topological polar surface area (TPSA) is 60.3 Å². The molecular formula is C25H27NO4. The summed E-state index contributed by atoms with van der Waals surface area (Å²) >= 11 is 0. The van der Waals surface area contributed by atoms with Crippen LogP contribution in [0.4, 0.5) is 0 Å².